The van der Waals surface area contributed by atoms with Gasteiger partial charge in [0.1, 0.15) is 11.5 Å². The van der Waals surface area contributed by atoms with Gasteiger partial charge in [0.05, 0.1) is 13.2 Å². The van der Waals surface area contributed by atoms with Crippen molar-refractivity contribution in [1.29, 1.82) is 0 Å². The normalized spacial score (nSPS) is 10.5. The molecular weight excluding hydrogens is 240 g/mol. The molecule has 0 amide bonds. The second kappa shape index (κ2) is 6.29. The summed E-state index contributed by atoms with van der Waals surface area (Å²) in [6.07, 6.45) is 0. The molecule has 0 aliphatic carbocycles. The molecule has 4 heteroatoms. The lowest BCUT2D eigenvalue weighted by Gasteiger charge is -2.18. The first kappa shape index (κ1) is 13.5. The predicted molar refractivity (Wildman–Crippen MR) is 77.6 cm³/mol. The number of rotatable bonds is 6. The van der Waals surface area contributed by atoms with Gasteiger partial charge in [0, 0.05) is 25.0 Å². The fourth-order valence-corrected chi connectivity index (χ4v) is 1.88. The highest BCUT2D eigenvalue weighted by atomic mass is 16.3. The lowest BCUT2D eigenvalue weighted by molar-refractivity contribution is 0.304. The van der Waals surface area contributed by atoms with E-state index in [4.69, 9.17) is 9.52 Å². The minimum Gasteiger partial charge on any atom is -0.465 e. The topological polar surface area (TPSA) is 48.6 Å². The third kappa shape index (κ3) is 3.76. The molecule has 0 unspecified atom stereocenters. The van der Waals surface area contributed by atoms with Crippen LogP contribution < -0.4 is 10.2 Å². The molecular formula is C15H20N2O2. The SMILES string of the molecule is Cc1ccc(CNc2ccc(N(C)CCO)cc2)o1. The highest BCUT2D eigenvalue weighted by Gasteiger charge is 2.01. The Labute approximate surface area is 113 Å². The van der Waals surface area contributed by atoms with Crippen molar-refractivity contribution in [2.45, 2.75) is 13.5 Å². The lowest BCUT2D eigenvalue weighted by atomic mass is 10.2. The molecule has 0 fully saturated rings. The number of aryl methyl sites for hydroxylation is 1. The number of aliphatic hydroxyl groups excluding tert-OH is 1. The van der Waals surface area contributed by atoms with E-state index in [0.29, 0.717) is 13.1 Å². The van der Waals surface area contributed by atoms with Crippen molar-refractivity contribution in [3.05, 3.63) is 47.9 Å². The van der Waals surface area contributed by atoms with Crippen molar-refractivity contribution in [2.75, 3.05) is 30.4 Å². The van der Waals surface area contributed by atoms with Crippen molar-refractivity contribution in [2.24, 2.45) is 0 Å². The summed E-state index contributed by atoms with van der Waals surface area (Å²) in [6.45, 7) is 3.42. The molecule has 19 heavy (non-hydrogen) atoms. The number of furan rings is 1. The fourth-order valence-electron chi connectivity index (χ4n) is 1.88. The number of aliphatic hydroxyl groups is 1. The van der Waals surface area contributed by atoms with Crippen LogP contribution in [0.3, 0.4) is 0 Å². The summed E-state index contributed by atoms with van der Waals surface area (Å²) in [5.41, 5.74) is 2.14. The molecule has 0 atom stereocenters. The van der Waals surface area contributed by atoms with Crippen LogP contribution >= 0.6 is 0 Å². The highest BCUT2D eigenvalue weighted by molar-refractivity contribution is 5.54. The van der Waals surface area contributed by atoms with Crippen molar-refractivity contribution >= 4 is 11.4 Å². The van der Waals surface area contributed by atoms with Gasteiger partial charge in [-0.25, -0.2) is 0 Å². The maximum absolute atomic E-state index is 8.90. The Balaban J connectivity index is 1.91. The molecule has 102 valence electrons. The van der Waals surface area contributed by atoms with Crippen molar-refractivity contribution in [3.8, 4) is 0 Å². The first-order chi connectivity index (χ1) is 9.19. The van der Waals surface area contributed by atoms with Gasteiger partial charge in [0.15, 0.2) is 0 Å². The lowest BCUT2D eigenvalue weighted by Crippen LogP contribution is -2.20. The third-order valence-electron chi connectivity index (χ3n) is 3.01. The summed E-state index contributed by atoms with van der Waals surface area (Å²) < 4.78 is 5.50. The number of anilines is 2. The first-order valence-electron chi connectivity index (χ1n) is 6.40. The van der Waals surface area contributed by atoms with Crippen LogP contribution in [0.2, 0.25) is 0 Å². The summed E-state index contributed by atoms with van der Waals surface area (Å²) in [5, 5.41) is 12.2. The van der Waals surface area contributed by atoms with Gasteiger partial charge in [-0.1, -0.05) is 0 Å². The zero-order valence-corrected chi connectivity index (χ0v) is 11.4. The summed E-state index contributed by atoms with van der Waals surface area (Å²) in [4.78, 5) is 2.01. The molecule has 2 rings (SSSR count). The number of hydrogen-bond acceptors (Lipinski definition) is 4. The number of hydrogen-bond donors (Lipinski definition) is 2. The van der Waals surface area contributed by atoms with E-state index < -0.39 is 0 Å². The quantitative estimate of drug-likeness (QED) is 0.838. The average Bonchev–Trinajstić information content (AvgIpc) is 2.83. The molecule has 0 radical (unpaired) electrons. The Hall–Kier alpha value is -1.94. The number of nitrogens with one attached hydrogen (secondary N) is 1. The standard InChI is InChI=1S/C15H20N2O2/c1-12-3-8-15(19-12)11-16-13-4-6-14(7-5-13)17(2)9-10-18/h3-8,16,18H,9-11H2,1-2H3. The van der Waals surface area contributed by atoms with Crippen LogP contribution in [0.5, 0.6) is 0 Å². The maximum atomic E-state index is 8.90. The summed E-state index contributed by atoms with van der Waals surface area (Å²) in [7, 11) is 1.96. The molecule has 4 nitrogen and oxygen atoms in total. The van der Waals surface area contributed by atoms with E-state index in [1.165, 1.54) is 0 Å². The van der Waals surface area contributed by atoms with Crippen LogP contribution in [-0.4, -0.2) is 25.3 Å². The molecule has 0 saturated carbocycles. The summed E-state index contributed by atoms with van der Waals surface area (Å²) in [5.74, 6) is 1.86. The third-order valence-corrected chi connectivity index (χ3v) is 3.01. The maximum Gasteiger partial charge on any atom is 0.123 e. The monoisotopic (exact) mass is 260 g/mol. The van der Waals surface area contributed by atoms with Gasteiger partial charge in [-0.2, -0.15) is 0 Å². The van der Waals surface area contributed by atoms with Gasteiger partial charge in [0.2, 0.25) is 0 Å². The van der Waals surface area contributed by atoms with Crippen LogP contribution in [-0.2, 0) is 6.54 Å². The Bertz CT molecular complexity index is 505. The first-order valence-corrected chi connectivity index (χ1v) is 6.40. The predicted octanol–water partition coefficient (Wildman–Crippen LogP) is 2.63. The van der Waals surface area contributed by atoms with Gasteiger partial charge < -0.3 is 19.7 Å². The summed E-state index contributed by atoms with van der Waals surface area (Å²) in [6, 6.07) is 12.1. The molecule has 2 N–H and O–H groups in total. The molecule has 0 aliphatic rings. The zero-order valence-electron chi connectivity index (χ0n) is 11.4. The molecule has 1 aromatic carbocycles. The van der Waals surface area contributed by atoms with Crippen molar-refractivity contribution in [1.82, 2.24) is 0 Å². The Morgan fingerprint density at radius 2 is 1.89 bits per heavy atom. The minimum absolute atomic E-state index is 0.161. The van der Waals surface area contributed by atoms with Crippen LogP contribution in [0.25, 0.3) is 0 Å². The van der Waals surface area contributed by atoms with Gasteiger partial charge in [-0.05, 0) is 43.3 Å². The van der Waals surface area contributed by atoms with E-state index in [2.05, 4.69) is 5.32 Å². The fraction of sp³-hybridized carbons (Fsp3) is 0.333. The second-order valence-corrected chi connectivity index (χ2v) is 4.56. The van der Waals surface area contributed by atoms with Gasteiger partial charge in [-0.15, -0.1) is 0 Å². The number of likely N-dealkylation sites (N-methyl/N-ethyl adjacent to an activating group) is 1. The Morgan fingerprint density at radius 3 is 2.47 bits per heavy atom. The van der Waals surface area contributed by atoms with E-state index in [-0.39, 0.29) is 6.61 Å². The summed E-state index contributed by atoms with van der Waals surface area (Å²) >= 11 is 0. The van der Waals surface area contributed by atoms with Crippen LogP contribution in [0, 0.1) is 6.92 Å². The Morgan fingerprint density at radius 1 is 1.16 bits per heavy atom. The van der Waals surface area contributed by atoms with Crippen molar-refractivity contribution < 1.29 is 9.52 Å². The second-order valence-electron chi connectivity index (χ2n) is 4.56. The molecule has 2 aromatic rings. The highest BCUT2D eigenvalue weighted by Crippen LogP contribution is 2.17. The molecule has 0 bridgehead atoms. The van der Waals surface area contributed by atoms with Gasteiger partial charge >= 0.3 is 0 Å². The Kier molecular flexibility index (Phi) is 4.47. The zero-order chi connectivity index (χ0) is 13.7. The molecule has 1 aromatic heterocycles. The molecule has 0 spiro atoms. The number of benzene rings is 1. The van der Waals surface area contributed by atoms with E-state index in [9.17, 15) is 0 Å². The average molecular weight is 260 g/mol. The van der Waals surface area contributed by atoms with E-state index in [0.717, 1.165) is 22.9 Å². The van der Waals surface area contributed by atoms with Gasteiger partial charge in [0.25, 0.3) is 0 Å². The van der Waals surface area contributed by atoms with E-state index >= 15 is 0 Å². The molecule has 1 heterocycles. The minimum atomic E-state index is 0.161. The molecule has 0 saturated heterocycles. The molecule has 0 aliphatic heterocycles. The van der Waals surface area contributed by atoms with E-state index in [1.807, 2.05) is 55.3 Å². The van der Waals surface area contributed by atoms with Crippen molar-refractivity contribution in [3.63, 3.8) is 0 Å². The smallest absolute Gasteiger partial charge is 0.123 e. The van der Waals surface area contributed by atoms with Crippen LogP contribution in [0.15, 0.2) is 40.8 Å². The van der Waals surface area contributed by atoms with E-state index in [1.54, 1.807) is 0 Å². The van der Waals surface area contributed by atoms with Crippen LogP contribution in [0.4, 0.5) is 11.4 Å². The van der Waals surface area contributed by atoms with Gasteiger partial charge in [-0.3, -0.25) is 0 Å². The van der Waals surface area contributed by atoms with Crippen LogP contribution in [0.1, 0.15) is 11.5 Å². The largest absolute Gasteiger partial charge is 0.465 e. The number of nitrogens with zero attached hydrogens (tertiary/aromatic N) is 1.